The number of rotatable bonds is 1. The largest absolute Gasteiger partial charge is 0.497 e. The van der Waals surface area contributed by atoms with Crippen LogP contribution < -0.4 is 5.46 Å². The van der Waals surface area contributed by atoms with Gasteiger partial charge in [0.25, 0.3) is 0 Å². The molecule has 1 aromatic carbocycles. The van der Waals surface area contributed by atoms with Gasteiger partial charge in [-0.3, -0.25) is 0 Å². The van der Waals surface area contributed by atoms with E-state index >= 15 is 0 Å². The van der Waals surface area contributed by atoms with Crippen molar-refractivity contribution in [2.24, 2.45) is 7.05 Å². The molecule has 0 bridgehead atoms. The molecule has 0 atom stereocenters. The monoisotopic (exact) mass is 335 g/mol. The Morgan fingerprint density at radius 2 is 1.46 bits per heavy atom. The molecule has 1 saturated heterocycles. The SMILES string of the molecule is CC.CC.Cn1ccc2cc(F)c(B3OC(C)(C)C(C)(C)O3)cc21. The van der Waals surface area contributed by atoms with Gasteiger partial charge in [-0.05, 0) is 45.9 Å². The minimum Gasteiger partial charge on any atom is -0.399 e. The minimum atomic E-state index is -0.667. The van der Waals surface area contributed by atoms with Gasteiger partial charge in [-0.1, -0.05) is 27.7 Å². The van der Waals surface area contributed by atoms with Crippen LogP contribution in [0.5, 0.6) is 0 Å². The molecule has 0 radical (unpaired) electrons. The molecule has 0 N–H and O–H groups in total. The predicted molar refractivity (Wildman–Crippen MR) is 101 cm³/mol. The first-order valence-corrected chi connectivity index (χ1v) is 8.81. The number of halogens is 1. The van der Waals surface area contributed by atoms with E-state index in [4.69, 9.17) is 9.31 Å². The normalized spacial score (nSPS) is 17.8. The summed E-state index contributed by atoms with van der Waals surface area (Å²) >= 11 is 0. The highest BCUT2D eigenvalue weighted by Gasteiger charge is 2.52. The maximum atomic E-state index is 14.3. The molecular formula is C19H31BFNO2. The van der Waals surface area contributed by atoms with Gasteiger partial charge in [0.15, 0.2) is 0 Å². The molecule has 0 amide bonds. The van der Waals surface area contributed by atoms with Crippen molar-refractivity contribution in [1.82, 2.24) is 4.57 Å². The molecule has 134 valence electrons. The van der Waals surface area contributed by atoms with Gasteiger partial charge in [-0.15, -0.1) is 0 Å². The Hall–Kier alpha value is -1.33. The fraction of sp³-hybridized carbons (Fsp3) is 0.579. The number of aromatic nitrogens is 1. The van der Waals surface area contributed by atoms with Crippen LogP contribution in [0, 0.1) is 5.82 Å². The van der Waals surface area contributed by atoms with Crippen molar-refractivity contribution in [1.29, 1.82) is 0 Å². The Kier molecular flexibility index (Phi) is 6.65. The lowest BCUT2D eigenvalue weighted by Gasteiger charge is -2.32. The first-order valence-electron chi connectivity index (χ1n) is 8.81. The molecule has 1 aromatic heterocycles. The van der Waals surface area contributed by atoms with Gasteiger partial charge >= 0.3 is 7.12 Å². The second kappa shape index (κ2) is 7.71. The topological polar surface area (TPSA) is 23.4 Å². The number of hydrogen-bond acceptors (Lipinski definition) is 2. The second-order valence-corrected chi connectivity index (χ2v) is 6.45. The summed E-state index contributed by atoms with van der Waals surface area (Å²) < 4.78 is 28.1. The van der Waals surface area contributed by atoms with Crippen LogP contribution >= 0.6 is 0 Å². The predicted octanol–water partition coefficient (Wildman–Crippen LogP) is 4.67. The van der Waals surface area contributed by atoms with Crippen LogP contribution in [0.1, 0.15) is 55.4 Å². The van der Waals surface area contributed by atoms with Crippen LogP contribution in [0.3, 0.4) is 0 Å². The molecule has 2 aromatic rings. The van der Waals surface area contributed by atoms with Crippen LogP contribution in [0.4, 0.5) is 4.39 Å². The van der Waals surface area contributed by atoms with Gasteiger partial charge in [0, 0.05) is 29.6 Å². The van der Waals surface area contributed by atoms with E-state index in [-0.39, 0.29) is 5.82 Å². The lowest BCUT2D eigenvalue weighted by atomic mass is 9.78. The third kappa shape index (κ3) is 3.67. The molecule has 5 heteroatoms. The summed E-state index contributed by atoms with van der Waals surface area (Å²) in [5, 5.41) is 0.880. The van der Waals surface area contributed by atoms with E-state index in [0.717, 1.165) is 10.9 Å². The van der Waals surface area contributed by atoms with Gasteiger partial charge in [0.2, 0.25) is 0 Å². The summed E-state index contributed by atoms with van der Waals surface area (Å²) in [5.74, 6) is -0.290. The zero-order chi connectivity index (χ0) is 18.7. The Morgan fingerprint density at radius 3 is 1.96 bits per heavy atom. The molecule has 3 nitrogen and oxygen atoms in total. The minimum absolute atomic E-state index is 0.290. The van der Waals surface area contributed by atoms with E-state index in [2.05, 4.69) is 0 Å². The van der Waals surface area contributed by atoms with Crippen LogP contribution in [0.2, 0.25) is 0 Å². The summed E-state index contributed by atoms with van der Waals surface area (Å²) in [6.07, 6.45) is 1.91. The van der Waals surface area contributed by atoms with Crippen LogP contribution in [-0.4, -0.2) is 22.9 Å². The van der Waals surface area contributed by atoms with E-state index in [9.17, 15) is 4.39 Å². The van der Waals surface area contributed by atoms with Gasteiger partial charge in [0.1, 0.15) is 5.82 Å². The van der Waals surface area contributed by atoms with Crippen molar-refractivity contribution >= 4 is 23.5 Å². The van der Waals surface area contributed by atoms with E-state index in [0.29, 0.717) is 5.46 Å². The Morgan fingerprint density at radius 1 is 0.958 bits per heavy atom. The van der Waals surface area contributed by atoms with Crippen molar-refractivity contribution in [2.45, 2.75) is 66.6 Å². The summed E-state index contributed by atoms with van der Waals surface area (Å²) in [6.45, 7) is 15.9. The standard InChI is InChI=1S/C15H19BFNO2.2C2H6/c1-14(2)15(3,4)20-16(19-14)11-9-13-10(8-12(11)17)6-7-18(13)5;2*1-2/h6-9H,1-5H3;2*1-2H3. The molecule has 1 fully saturated rings. The van der Waals surface area contributed by atoms with Crippen molar-refractivity contribution in [3.05, 3.63) is 30.2 Å². The fourth-order valence-corrected chi connectivity index (χ4v) is 2.46. The van der Waals surface area contributed by atoms with Crippen LogP contribution in [-0.2, 0) is 16.4 Å². The highest BCUT2D eigenvalue weighted by Crippen LogP contribution is 2.36. The maximum absolute atomic E-state index is 14.3. The Bertz CT molecular complexity index is 663. The third-order valence-electron chi connectivity index (χ3n) is 4.51. The Labute approximate surface area is 146 Å². The third-order valence-corrected chi connectivity index (χ3v) is 4.51. The molecule has 24 heavy (non-hydrogen) atoms. The van der Waals surface area contributed by atoms with Gasteiger partial charge in [-0.25, -0.2) is 4.39 Å². The number of nitrogens with zero attached hydrogens (tertiary/aromatic N) is 1. The first-order chi connectivity index (χ1) is 11.2. The van der Waals surface area contributed by atoms with Gasteiger partial charge in [0.05, 0.1) is 11.2 Å². The average Bonchev–Trinajstić information content (AvgIpc) is 2.99. The molecule has 0 saturated carbocycles. The van der Waals surface area contributed by atoms with Crippen LogP contribution in [0.25, 0.3) is 10.9 Å². The number of fused-ring (bicyclic) bond motifs is 1. The molecule has 0 unspecified atom stereocenters. The summed E-state index contributed by atoms with van der Waals surface area (Å²) in [4.78, 5) is 0. The molecule has 3 rings (SSSR count). The number of hydrogen-bond donors (Lipinski definition) is 0. The molecule has 2 heterocycles. The maximum Gasteiger partial charge on any atom is 0.497 e. The molecule has 1 aliphatic heterocycles. The average molecular weight is 335 g/mol. The van der Waals surface area contributed by atoms with E-state index in [1.165, 1.54) is 6.07 Å². The molecule has 0 spiro atoms. The first kappa shape index (κ1) is 20.7. The summed E-state index contributed by atoms with van der Waals surface area (Å²) in [5.41, 5.74) is 0.495. The van der Waals surface area contributed by atoms with Crippen LogP contribution in [0.15, 0.2) is 24.4 Å². The van der Waals surface area contributed by atoms with E-state index in [1.807, 2.05) is 85.3 Å². The van der Waals surface area contributed by atoms with Gasteiger partial charge in [-0.2, -0.15) is 0 Å². The fourth-order valence-electron chi connectivity index (χ4n) is 2.46. The van der Waals surface area contributed by atoms with Gasteiger partial charge < -0.3 is 13.9 Å². The summed E-state index contributed by atoms with van der Waals surface area (Å²) in [7, 11) is 1.27. The van der Waals surface area contributed by atoms with Crippen molar-refractivity contribution in [2.75, 3.05) is 0 Å². The quantitative estimate of drug-likeness (QED) is 0.707. The molecular weight excluding hydrogens is 304 g/mol. The number of aryl methyl sites for hydroxylation is 1. The lowest BCUT2D eigenvalue weighted by Crippen LogP contribution is -2.41. The van der Waals surface area contributed by atoms with Crippen molar-refractivity contribution < 1.29 is 13.7 Å². The second-order valence-electron chi connectivity index (χ2n) is 6.45. The summed E-state index contributed by atoms with van der Waals surface area (Å²) in [6, 6.07) is 5.24. The Balaban J connectivity index is 0.000000671. The zero-order valence-electron chi connectivity index (χ0n) is 16.5. The number of benzene rings is 1. The lowest BCUT2D eigenvalue weighted by molar-refractivity contribution is 0.00578. The van der Waals surface area contributed by atoms with Crippen molar-refractivity contribution in [3.63, 3.8) is 0 Å². The highest BCUT2D eigenvalue weighted by atomic mass is 19.1. The highest BCUT2D eigenvalue weighted by molar-refractivity contribution is 6.62. The smallest absolute Gasteiger partial charge is 0.399 e. The van der Waals surface area contributed by atoms with Crippen molar-refractivity contribution in [3.8, 4) is 0 Å². The van der Waals surface area contributed by atoms with E-state index in [1.54, 1.807) is 0 Å². The molecule has 0 aliphatic carbocycles. The molecule has 1 aliphatic rings. The van der Waals surface area contributed by atoms with E-state index < -0.39 is 18.3 Å². The zero-order valence-corrected chi connectivity index (χ0v) is 16.5.